The molecule has 10 heteroatoms. The molecule has 5 rings (SSSR count). The van der Waals surface area contributed by atoms with Crippen molar-refractivity contribution in [2.45, 2.75) is 10.2 Å². The van der Waals surface area contributed by atoms with E-state index in [1.807, 2.05) is 0 Å². The lowest BCUT2D eigenvalue weighted by molar-refractivity contribution is 0.465. The zero-order valence-corrected chi connectivity index (χ0v) is 15.9. The Labute approximate surface area is 173 Å². The lowest BCUT2D eigenvalue weighted by atomic mass is 10.1. The van der Waals surface area contributed by atoms with Gasteiger partial charge in [-0.2, -0.15) is 19.9 Å². The van der Waals surface area contributed by atoms with Gasteiger partial charge in [0, 0.05) is 11.1 Å². The van der Waals surface area contributed by atoms with Gasteiger partial charge >= 0.3 is 0 Å². The third-order valence-electron chi connectivity index (χ3n) is 4.22. The summed E-state index contributed by atoms with van der Waals surface area (Å²) >= 11 is 1.21. The van der Waals surface area contributed by atoms with Gasteiger partial charge in [0.05, 0.1) is 17.3 Å². The Morgan fingerprint density at radius 3 is 2.53 bits per heavy atom. The highest BCUT2D eigenvalue weighted by Gasteiger charge is 2.15. The summed E-state index contributed by atoms with van der Waals surface area (Å²) in [6, 6.07) is 16.8. The average molecular weight is 415 g/mol. The van der Waals surface area contributed by atoms with E-state index in [1.165, 1.54) is 30.2 Å². The summed E-state index contributed by atoms with van der Waals surface area (Å²) in [4.78, 5) is 8.62. The van der Waals surface area contributed by atoms with Gasteiger partial charge in [-0.25, -0.2) is 9.37 Å². The minimum Gasteiger partial charge on any atom is -0.411 e. The monoisotopic (exact) mass is 415 g/mol. The summed E-state index contributed by atoms with van der Waals surface area (Å²) in [5.41, 5.74) is 2.62. The number of fused-ring (bicyclic) bond motifs is 1. The van der Waals surface area contributed by atoms with Gasteiger partial charge in [0.15, 0.2) is 0 Å². The van der Waals surface area contributed by atoms with Crippen LogP contribution in [0, 0.1) is 17.1 Å². The topological polar surface area (TPSA) is 106 Å². The number of nitrogens with zero attached hydrogens (tertiary/aromatic N) is 7. The molecular formula is C20H10FN7OS. The second kappa shape index (κ2) is 7.38. The number of aromatic nitrogens is 6. The van der Waals surface area contributed by atoms with Crippen LogP contribution in [0.5, 0.6) is 0 Å². The lowest BCUT2D eigenvalue weighted by Gasteiger charge is -2.05. The van der Waals surface area contributed by atoms with Crippen LogP contribution in [0.2, 0.25) is 0 Å². The minimum atomic E-state index is -0.321. The molecule has 0 bridgehead atoms. The van der Waals surface area contributed by atoms with E-state index in [1.54, 1.807) is 47.0 Å². The van der Waals surface area contributed by atoms with Crippen LogP contribution < -0.4 is 0 Å². The SMILES string of the molecule is N#Cc1ccc(-c2nnc(Sc3cc(-c4ccc(F)cc4)nc4ncnn34)o2)cc1. The van der Waals surface area contributed by atoms with Crippen molar-refractivity contribution >= 4 is 17.5 Å². The molecule has 0 aliphatic heterocycles. The summed E-state index contributed by atoms with van der Waals surface area (Å²) < 4.78 is 20.6. The average Bonchev–Trinajstić information content (AvgIpc) is 3.44. The fourth-order valence-electron chi connectivity index (χ4n) is 2.77. The molecule has 0 aliphatic carbocycles. The minimum absolute atomic E-state index is 0.308. The fourth-order valence-corrected chi connectivity index (χ4v) is 3.54. The van der Waals surface area contributed by atoms with Crippen LogP contribution in [0.15, 0.2) is 75.6 Å². The molecule has 144 valence electrons. The zero-order valence-electron chi connectivity index (χ0n) is 15.1. The molecule has 30 heavy (non-hydrogen) atoms. The maximum absolute atomic E-state index is 13.3. The largest absolute Gasteiger partial charge is 0.411 e. The van der Waals surface area contributed by atoms with Crippen LogP contribution in [0.1, 0.15) is 5.56 Å². The third kappa shape index (κ3) is 3.38. The smallest absolute Gasteiger partial charge is 0.283 e. The Kier molecular flexibility index (Phi) is 4.42. The normalized spacial score (nSPS) is 10.9. The van der Waals surface area contributed by atoms with E-state index in [0.29, 0.717) is 38.7 Å². The molecule has 0 unspecified atom stereocenters. The number of hydrogen-bond donors (Lipinski definition) is 0. The Hall–Kier alpha value is -4.10. The predicted octanol–water partition coefficient (Wildman–Crippen LogP) is 4.00. The van der Waals surface area contributed by atoms with E-state index >= 15 is 0 Å². The second-order valence-corrected chi connectivity index (χ2v) is 7.09. The van der Waals surface area contributed by atoms with Crippen molar-refractivity contribution in [2.24, 2.45) is 0 Å². The zero-order chi connectivity index (χ0) is 20.5. The van der Waals surface area contributed by atoms with Crippen molar-refractivity contribution < 1.29 is 8.81 Å². The maximum Gasteiger partial charge on any atom is 0.283 e. The summed E-state index contributed by atoms with van der Waals surface area (Å²) in [6.45, 7) is 0. The maximum atomic E-state index is 13.3. The molecule has 0 N–H and O–H groups in total. The Bertz CT molecular complexity index is 1390. The van der Waals surface area contributed by atoms with E-state index in [4.69, 9.17) is 9.68 Å². The quantitative estimate of drug-likeness (QED) is 0.406. The van der Waals surface area contributed by atoms with Crippen molar-refractivity contribution in [3.05, 3.63) is 72.3 Å². The lowest BCUT2D eigenvalue weighted by Crippen LogP contribution is -1.97. The number of halogens is 1. The van der Waals surface area contributed by atoms with Gasteiger partial charge in [-0.1, -0.05) is 0 Å². The predicted molar refractivity (Wildman–Crippen MR) is 105 cm³/mol. The molecule has 0 atom stereocenters. The fraction of sp³-hybridized carbons (Fsp3) is 0. The van der Waals surface area contributed by atoms with Crippen molar-refractivity contribution in [2.75, 3.05) is 0 Å². The van der Waals surface area contributed by atoms with Crippen molar-refractivity contribution in [3.63, 3.8) is 0 Å². The standard InChI is InChI=1S/C20H10FN7OS/c21-15-7-5-13(6-8-15)16-9-17(28-19(25-16)23-11-24-28)30-20-27-26-18(29-20)14-3-1-12(10-22)2-4-14/h1-9,11H. The highest BCUT2D eigenvalue weighted by atomic mass is 32.2. The molecule has 8 nitrogen and oxygen atoms in total. The van der Waals surface area contributed by atoms with E-state index in [-0.39, 0.29) is 5.82 Å². The number of nitriles is 1. The summed E-state index contributed by atoms with van der Waals surface area (Å²) in [7, 11) is 0. The van der Waals surface area contributed by atoms with Crippen LogP contribution in [0.4, 0.5) is 4.39 Å². The number of rotatable bonds is 4. The Morgan fingerprint density at radius 2 is 1.77 bits per heavy atom. The van der Waals surface area contributed by atoms with Crippen LogP contribution in [-0.2, 0) is 0 Å². The summed E-state index contributed by atoms with van der Waals surface area (Å²) in [5.74, 6) is 0.411. The molecule has 2 aromatic carbocycles. The Morgan fingerprint density at radius 1 is 1.00 bits per heavy atom. The second-order valence-electron chi connectivity index (χ2n) is 6.12. The van der Waals surface area contributed by atoms with Crippen molar-refractivity contribution in [3.8, 4) is 28.8 Å². The van der Waals surface area contributed by atoms with Gasteiger partial charge in [0.1, 0.15) is 17.2 Å². The van der Waals surface area contributed by atoms with Crippen LogP contribution in [0.3, 0.4) is 0 Å². The molecule has 0 radical (unpaired) electrons. The first-order chi connectivity index (χ1) is 14.7. The van der Waals surface area contributed by atoms with Gasteiger partial charge in [0.2, 0.25) is 5.89 Å². The van der Waals surface area contributed by atoms with Gasteiger partial charge < -0.3 is 4.42 Å². The van der Waals surface area contributed by atoms with Crippen molar-refractivity contribution in [1.82, 2.24) is 29.8 Å². The molecule has 5 aromatic rings. The summed E-state index contributed by atoms with van der Waals surface area (Å²) in [6.07, 6.45) is 1.40. The van der Waals surface area contributed by atoms with Crippen LogP contribution in [0.25, 0.3) is 28.5 Å². The molecule has 3 aromatic heterocycles. The molecule has 0 saturated heterocycles. The first-order valence-corrected chi connectivity index (χ1v) is 9.50. The van der Waals surface area contributed by atoms with Gasteiger partial charge in [-0.3, -0.25) is 0 Å². The molecule has 0 fully saturated rings. The number of benzene rings is 2. The molecule has 0 amide bonds. The van der Waals surface area contributed by atoms with Gasteiger partial charge in [-0.15, -0.1) is 10.2 Å². The molecule has 0 aliphatic rings. The van der Waals surface area contributed by atoms with E-state index < -0.39 is 0 Å². The molecule has 3 heterocycles. The Balaban J connectivity index is 1.49. The summed E-state index contributed by atoms with van der Waals surface area (Å²) in [5, 5.41) is 22.2. The highest BCUT2D eigenvalue weighted by molar-refractivity contribution is 7.99. The third-order valence-corrected chi connectivity index (χ3v) is 5.06. The first kappa shape index (κ1) is 18.0. The van der Waals surface area contributed by atoms with Crippen LogP contribution in [-0.4, -0.2) is 29.8 Å². The van der Waals surface area contributed by atoms with Gasteiger partial charge in [-0.05, 0) is 66.4 Å². The van der Waals surface area contributed by atoms with E-state index in [9.17, 15) is 4.39 Å². The molecule has 0 saturated carbocycles. The van der Waals surface area contributed by atoms with Gasteiger partial charge in [0.25, 0.3) is 11.0 Å². The van der Waals surface area contributed by atoms with Crippen molar-refractivity contribution in [1.29, 1.82) is 5.26 Å². The first-order valence-electron chi connectivity index (χ1n) is 8.68. The van der Waals surface area contributed by atoms with Crippen LogP contribution >= 0.6 is 11.8 Å². The highest BCUT2D eigenvalue weighted by Crippen LogP contribution is 2.31. The number of hydrogen-bond acceptors (Lipinski definition) is 8. The van der Waals surface area contributed by atoms with E-state index in [0.717, 1.165) is 5.56 Å². The van der Waals surface area contributed by atoms with E-state index in [2.05, 4.69) is 31.3 Å². The molecular weight excluding hydrogens is 405 g/mol. The molecule has 0 spiro atoms.